The maximum Gasteiger partial charge on any atom is 0.230 e. The molecule has 0 saturated carbocycles. The summed E-state index contributed by atoms with van der Waals surface area (Å²) in [5.74, 6) is 1.64. The van der Waals surface area contributed by atoms with E-state index in [1.807, 2.05) is 31.2 Å². The van der Waals surface area contributed by atoms with Gasteiger partial charge < -0.3 is 19.4 Å². The van der Waals surface area contributed by atoms with E-state index in [2.05, 4.69) is 21.1 Å². The van der Waals surface area contributed by atoms with Crippen LogP contribution in [-0.4, -0.2) is 11.8 Å². The van der Waals surface area contributed by atoms with Crippen molar-refractivity contribution in [2.45, 2.75) is 6.92 Å². The average molecular weight is 349 g/mol. The Hall–Kier alpha value is -2.21. The first kappa shape index (κ1) is 13.8. The van der Waals surface area contributed by atoms with Crippen molar-refractivity contribution in [3.63, 3.8) is 0 Å². The van der Waals surface area contributed by atoms with E-state index in [4.69, 9.17) is 19.4 Å². The molecule has 108 valence electrons. The zero-order chi connectivity index (χ0) is 14.8. The Bertz CT molecular complexity index is 747. The summed E-state index contributed by atoms with van der Waals surface area (Å²) in [4.78, 5) is 0. The van der Waals surface area contributed by atoms with Gasteiger partial charge >= 0.3 is 0 Å². The molecule has 0 aliphatic rings. The van der Waals surface area contributed by atoms with Crippen molar-refractivity contribution >= 4 is 21.8 Å². The summed E-state index contributed by atoms with van der Waals surface area (Å²) in [6.07, 6.45) is 0. The van der Waals surface area contributed by atoms with E-state index in [-0.39, 0.29) is 5.88 Å². The van der Waals surface area contributed by atoms with Gasteiger partial charge in [0.05, 0.1) is 12.2 Å². The van der Waals surface area contributed by atoms with E-state index in [9.17, 15) is 0 Å². The number of rotatable bonds is 4. The van der Waals surface area contributed by atoms with Gasteiger partial charge in [-0.15, -0.1) is 0 Å². The largest absolute Gasteiger partial charge is 0.494 e. The number of nitrogens with two attached hydrogens (primary N) is 1. The first-order chi connectivity index (χ1) is 10.2. The minimum absolute atomic E-state index is 0.252. The lowest BCUT2D eigenvalue weighted by Gasteiger charge is -2.05. The van der Waals surface area contributed by atoms with Gasteiger partial charge in [0.25, 0.3) is 0 Å². The lowest BCUT2D eigenvalue weighted by atomic mass is 10.0. The predicted octanol–water partition coefficient (Wildman–Crippen LogP) is 4.35. The molecule has 0 aliphatic carbocycles. The van der Waals surface area contributed by atoms with Crippen molar-refractivity contribution in [3.8, 4) is 28.3 Å². The van der Waals surface area contributed by atoms with E-state index in [1.165, 1.54) is 0 Å². The number of hydrogen-bond donors (Lipinski definition) is 1. The molecule has 0 spiro atoms. The highest BCUT2D eigenvalue weighted by atomic mass is 79.9. The number of furan rings is 1. The highest BCUT2D eigenvalue weighted by molar-refractivity contribution is 9.10. The van der Waals surface area contributed by atoms with Crippen molar-refractivity contribution < 1.29 is 13.7 Å². The Balaban J connectivity index is 2.04. The van der Waals surface area contributed by atoms with E-state index in [1.54, 1.807) is 12.1 Å². The number of nitrogens with zero attached hydrogens (tertiary/aromatic N) is 1. The second-order valence-electron chi connectivity index (χ2n) is 4.33. The summed E-state index contributed by atoms with van der Waals surface area (Å²) in [5, 5.41) is 3.99. The molecule has 2 N–H and O–H groups in total. The summed E-state index contributed by atoms with van der Waals surface area (Å²) in [7, 11) is 0. The molecular formula is C15H13BrN2O3. The molecule has 3 aromatic rings. The number of halogens is 1. The number of aromatic nitrogens is 1. The molecule has 0 aliphatic heterocycles. The quantitative estimate of drug-likeness (QED) is 0.758. The van der Waals surface area contributed by atoms with Crippen LogP contribution in [0.2, 0.25) is 0 Å². The number of hydrogen-bond acceptors (Lipinski definition) is 5. The molecule has 3 rings (SSSR count). The van der Waals surface area contributed by atoms with Crippen LogP contribution in [0.5, 0.6) is 5.75 Å². The number of nitrogen functional groups attached to an aromatic ring is 1. The van der Waals surface area contributed by atoms with Crippen LogP contribution in [-0.2, 0) is 0 Å². The molecule has 6 heteroatoms. The highest BCUT2D eigenvalue weighted by Crippen LogP contribution is 2.37. The third-order valence-corrected chi connectivity index (χ3v) is 3.41. The molecule has 1 aromatic carbocycles. The number of benzene rings is 1. The molecular weight excluding hydrogens is 336 g/mol. The second-order valence-corrected chi connectivity index (χ2v) is 5.11. The smallest absolute Gasteiger partial charge is 0.230 e. The SMILES string of the molecule is CCOc1ccc(-c2c(-c3ccc(Br)o3)noc2N)cc1. The topological polar surface area (TPSA) is 74.4 Å². The molecule has 0 bridgehead atoms. The standard InChI is InChI=1S/C15H13BrN2O3/c1-2-19-10-5-3-9(4-6-10)13-14(18-21-15(13)17)11-7-8-12(16)20-11/h3-8H,2,17H2,1H3. The molecule has 0 radical (unpaired) electrons. The van der Waals surface area contributed by atoms with Crippen LogP contribution in [0.4, 0.5) is 5.88 Å². The zero-order valence-corrected chi connectivity index (χ0v) is 12.9. The summed E-state index contributed by atoms with van der Waals surface area (Å²) < 4.78 is 16.7. The van der Waals surface area contributed by atoms with Gasteiger partial charge in [-0.3, -0.25) is 0 Å². The Morgan fingerprint density at radius 3 is 2.57 bits per heavy atom. The van der Waals surface area contributed by atoms with E-state index in [0.29, 0.717) is 28.3 Å². The molecule has 5 nitrogen and oxygen atoms in total. The van der Waals surface area contributed by atoms with Gasteiger partial charge in [-0.05, 0) is 52.7 Å². The molecule has 0 unspecified atom stereocenters. The van der Waals surface area contributed by atoms with Gasteiger partial charge in [-0.2, -0.15) is 0 Å². The van der Waals surface area contributed by atoms with Gasteiger partial charge in [0.15, 0.2) is 16.1 Å². The lowest BCUT2D eigenvalue weighted by molar-refractivity contribution is 0.340. The van der Waals surface area contributed by atoms with Crippen LogP contribution in [0, 0.1) is 0 Å². The van der Waals surface area contributed by atoms with Crippen molar-refractivity contribution in [2.24, 2.45) is 0 Å². The molecule has 2 aromatic heterocycles. The first-order valence-electron chi connectivity index (χ1n) is 6.43. The van der Waals surface area contributed by atoms with E-state index in [0.717, 1.165) is 11.3 Å². The highest BCUT2D eigenvalue weighted by Gasteiger charge is 2.20. The Morgan fingerprint density at radius 2 is 1.95 bits per heavy atom. The summed E-state index contributed by atoms with van der Waals surface area (Å²) in [6, 6.07) is 11.2. The van der Waals surface area contributed by atoms with Crippen molar-refractivity contribution in [2.75, 3.05) is 12.3 Å². The molecule has 0 fully saturated rings. The molecule has 0 amide bonds. The van der Waals surface area contributed by atoms with Crippen LogP contribution >= 0.6 is 15.9 Å². The zero-order valence-electron chi connectivity index (χ0n) is 11.3. The maximum atomic E-state index is 5.90. The average Bonchev–Trinajstić information content (AvgIpc) is 3.06. The maximum absolute atomic E-state index is 5.90. The van der Waals surface area contributed by atoms with Crippen LogP contribution in [0.1, 0.15) is 6.92 Å². The van der Waals surface area contributed by atoms with Crippen molar-refractivity contribution in [1.82, 2.24) is 5.16 Å². The van der Waals surface area contributed by atoms with Gasteiger partial charge in [0.2, 0.25) is 5.88 Å². The van der Waals surface area contributed by atoms with Crippen molar-refractivity contribution in [1.29, 1.82) is 0 Å². The minimum atomic E-state index is 0.252. The van der Waals surface area contributed by atoms with Gasteiger partial charge in [0, 0.05) is 0 Å². The fourth-order valence-electron chi connectivity index (χ4n) is 2.08. The predicted molar refractivity (Wildman–Crippen MR) is 82.9 cm³/mol. The second kappa shape index (κ2) is 5.65. The number of anilines is 1. The lowest BCUT2D eigenvalue weighted by Crippen LogP contribution is -1.91. The summed E-state index contributed by atoms with van der Waals surface area (Å²) in [6.45, 7) is 2.57. The fraction of sp³-hybridized carbons (Fsp3) is 0.133. The van der Waals surface area contributed by atoms with Crippen LogP contribution in [0.3, 0.4) is 0 Å². The summed E-state index contributed by atoms with van der Waals surface area (Å²) >= 11 is 3.27. The third kappa shape index (κ3) is 2.67. The van der Waals surface area contributed by atoms with Crippen LogP contribution in [0.15, 0.2) is 50.0 Å². The summed E-state index contributed by atoms with van der Waals surface area (Å²) in [5.41, 5.74) is 8.07. The van der Waals surface area contributed by atoms with Crippen LogP contribution < -0.4 is 10.5 Å². The van der Waals surface area contributed by atoms with Crippen molar-refractivity contribution in [3.05, 3.63) is 41.1 Å². The molecule has 0 saturated heterocycles. The third-order valence-electron chi connectivity index (χ3n) is 2.98. The first-order valence-corrected chi connectivity index (χ1v) is 7.22. The molecule has 0 atom stereocenters. The Labute approximate surface area is 129 Å². The number of ether oxygens (including phenoxy) is 1. The van der Waals surface area contributed by atoms with Gasteiger partial charge in [0.1, 0.15) is 5.75 Å². The Morgan fingerprint density at radius 1 is 1.19 bits per heavy atom. The fourth-order valence-corrected chi connectivity index (χ4v) is 2.38. The van der Waals surface area contributed by atoms with E-state index < -0.39 is 0 Å². The minimum Gasteiger partial charge on any atom is -0.494 e. The molecule has 21 heavy (non-hydrogen) atoms. The van der Waals surface area contributed by atoms with Gasteiger partial charge in [-0.25, -0.2) is 0 Å². The molecule has 2 heterocycles. The van der Waals surface area contributed by atoms with E-state index >= 15 is 0 Å². The van der Waals surface area contributed by atoms with Crippen LogP contribution in [0.25, 0.3) is 22.6 Å². The van der Waals surface area contributed by atoms with Gasteiger partial charge in [-0.1, -0.05) is 17.3 Å². The monoisotopic (exact) mass is 348 g/mol. The Kier molecular flexibility index (Phi) is 3.70. The normalized spacial score (nSPS) is 10.8.